The van der Waals surface area contributed by atoms with Crippen LogP contribution < -0.4 is 4.74 Å². The van der Waals surface area contributed by atoms with Crippen molar-refractivity contribution in [3.05, 3.63) is 82.4 Å². The quantitative estimate of drug-likeness (QED) is 0.333. The van der Waals surface area contributed by atoms with Crippen molar-refractivity contribution in [2.45, 2.75) is 54.1 Å². The van der Waals surface area contributed by atoms with Crippen molar-refractivity contribution in [1.29, 1.82) is 0 Å². The van der Waals surface area contributed by atoms with E-state index in [1.807, 2.05) is 32.0 Å². The zero-order valence-corrected chi connectivity index (χ0v) is 21.4. The predicted molar refractivity (Wildman–Crippen MR) is 142 cm³/mol. The lowest BCUT2D eigenvalue weighted by molar-refractivity contribution is 0.104. The third kappa shape index (κ3) is 5.57. The van der Waals surface area contributed by atoms with Crippen LogP contribution in [0.1, 0.15) is 41.2 Å². The summed E-state index contributed by atoms with van der Waals surface area (Å²) >= 11 is 0. The molecule has 180 valence electrons. The minimum Gasteiger partial charge on any atom is -0.491 e. The SMILES string of the molecule is CCC(O)COc1ccc(-c2nc(-c3ccc(C)cc3C)nc(-c3ccc(C)cc3C)n2)c(C)c1. The highest BCUT2D eigenvalue weighted by Crippen LogP contribution is 2.31. The molecule has 0 amide bonds. The van der Waals surface area contributed by atoms with Gasteiger partial charge in [-0.2, -0.15) is 0 Å². The number of rotatable bonds is 7. The summed E-state index contributed by atoms with van der Waals surface area (Å²) in [5.41, 5.74) is 8.58. The lowest BCUT2D eigenvalue weighted by Crippen LogP contribution is -2.16. The van der Waals surface area contributed by atoms with Crippen molar-refractivity contribution >= 4 is 0 Å². The van der Waals surface area contributed by atoms with Crippen LogP contribution in [-0.4, -0.2) is 32.8 Å². The van der Waals surface area contributed by atoms with E-state index >= 15 is 0 Å². The maximum atomic E-state index is 9.83. The molecule has 1 atom stereocenters. The van der Waals surface area contributed by atoms with E-state index in [4.69, 9.17) is 19.7 Å². The van der Waals surface area contributed by atoms with Crippen LogP contribution >= 0.6 is 0 Å². The van der Waals surface area contributed by atoms with Crippen LogP contribution in [0.5, 0.6) is 5.75 Å². The number of hydrogen-bond donors (Lipinski definition) is 1. The average Bonchev–Trinajstić information content (AvgIpc) is 2.82. The molecule has 0 aliphatic rings. The molecule has 4 aromatic rings. The summed E-state index contributed by atoms with van der Waals surface area (Å²) < 4.78 is 5.77. The summed E-state index contributed by atoms with van der Waals surface area (Å²) in [7, 11) is 0. The molecule has 0 fully saturated rings. The van der Waals surface area contributed by atoms with Gasteiger partial charge in [0.1, 0.15) is 12.4 Å². The monoisotopic (exact) mass is 467 g/mol. The van der Waals surface area contributed by atoms with Crippen molar-refractivity contribution in [2.24, 2.45) is 0 Å². The highest BCUT2D eigenvalue weighted by Gasteiger charge is 2.16. The van der Waals surface area contributed by atoms with Crippen molar-refractivity contribution in [1.82, 2.24) is 15.0 Å². The van der Waals surface area contributed by atoms with Crippen LogP contribution in [0.15, 0.2) is 54.6 Å². The first kappa shape index (κ1) is 24.6. The van der Waals surface area contributed by atoms with Gasteiger partial charge in [0.25, 0.3) is 0 Å². The van der Waals surface area contributed by atoms with Crippen LogP contribution in [-0.2, 0) is 0 Å². The van der Waals surface area contributed by atoms with Gasteiger partial charge < -0.3 is 9.84 Å². The summed E-state index contributed by atoms with van der Waals surface area (Å²) in [5.74, 6) is 2.67. The van der Waals surface area contributed by atoms with E-state index in [1.165, 1.54) is 11.1 Å². The van der Waals surface area contributed by atoms with E-state index in [0.717, 1.165) is 39.1 Å². The smallest absolute Gasteiger partial charge is 0.164 e. The molecule has 5 heteroatoms. The normalized spacial score (nSPS) is 12.0. The Kier molecular flexibility index (Phi) is 7.27. The lowest BCUT2D eigenvalue weighted by Gasteiger charge is -2.14. The maximum Gasteiger partial charge on any atom is 0.164 e. The first-order valence-electron chi connectivity index (χ1n) is 12.1. The Hall–Kier alpha value is -3.57. The number of nitrogens with zero attached hydrogens (tertiary/aromatic N) is 3. The van der Waals surface area contributed by atoms with Crippen LogP contribution in [0.2, 0.25) is 0 Å². The van der Waals surface area contributed by atoms with Crippen molar-refractivity contribution in [3.8, 4) is 39.9 Å². The Morgan fingerprint density at radius 2 is 1.09 bits per heavy atom. The van der Waals surface area contributed by atoms with Gasteiger partial charge >= 0.3 is 0 Å². The molecule has 0 bridgehead atoms. The average molecular weight is 468 g/mol. The first-order valence-corrected chi connectivity index (χ1v) is 12.1. The third-order valence-electron chi connectivity index (χ3n) is 6.23. The van der Waals surface area contributed by atoms with E-state index < -0.39 is 6.10 Å². The number of aryl methyl sites for hydroxylation is 5. The summed E-state index contributed by atoms with van der Waals surface area (Å²) in [5, 5.41) is 9.83. The number of aliphatic hydroxyl groups is 1. The number of ether oxygens (including phenoxy) is 1. The van der Waals surface area contributed by atoms with Gasteiger partial charge in [0.2, 0.25) is 0 Å². The molecule has 3 aromatic carbocycles. The predicted octanol–water partition coefficient (Wildman–Crippen LogP) is 6.56. The molecule has 35 heavy (non-hydrogen) atoms. The Morgan fingerprint density at radius 1 is 0.657 bits per heavy atom. The lowest BCUT2D eigenvalue weighted by atomic mass is 10.0. The Labute approximate surface area is 207 Å². The second kappa shape index (κ2) is 10.4. The number of aromatic nitrogens is 3. The summed E-state index contributed by atoms with van der Waals surface area (Å²) in [4.78, 5) is 14.7. The highest BCUT2D eigenvalue weighted by atomic mass is 16.5. The fourth-order valence-corrected chi connectivity index (χ4v) is 4.15. The molecule has 0 saturated heterocycles. The van der Waals surface area contributed by atoms with Gasteiger partial charge in [-0.1, -0.05) is 54.4 Å². The molecule has 0 aliphatic carbocycles. The second-order valence-electron chi connectivity index (χ2n) is 9.29. The first-order chi connectivity index (χ1) is 16.7. The van der Waals surface area contributed by atoms with Crippen molar-refractivity contribution in [3.63, 3.8) is 0 Å². The number of benzene rings is 3. The summed E-state index contributed by atoms with van der Waals surface area (Å²) in [6.45, 7) is 12.6. The molecule has 1 N–H and O–H groups in total. The van der Waals surface area contributed by atoms with Gasteiger partial charge in [-0.3, -0.25) is 0 Å². The van der Waals surface area contributed by atoms with Crippen LogP contribution in [0.4, 0.5) is 0 Å². The second-order valence-corrected chi connectivity index (χ2v) is 9.29. The van der Waals surface area contributed by atoms with Gasteiger partial charge in [0.05, 0.1) is 6.10 Å². The van der Waals surface area contributed by atoms with Crippen molar-refractivity contribution < 1.29 is 9.84 Å². The molecule has 1 heterocycles. The van der Waals surface area contributed by atoms with Crippen LogP contribution in [0, 0.1) is 34.6 Å². The highest BCUT2D eigenvalue weighted by molar-refractivity contribution is 5.71. The van der Waals surface area contributed by atoms with E-state index in [2.05, 4.69) is 64.1 Å². The zero-order chi connectivity index (χ0) is 25.1. The minimum absolute atomic E-state index is 0.273. The molecule has 5 nitrogen and oxygen atoms in total. The molecule has 4 rings (SSSR count). The maximum absolute atomic E-state index is 9.83. The minimum atomic E-state index is -0.473. The molecule has 1 aromatic heterocycles. The van der Waals surface area contributed by atoms with Gasteiger partial charge in [-0.15, -0.1) is 0 Å². The molecule has 0 saturated carbocycles. The van der Waals surface area contributed by atoms with Crippen LogP contribution in [0.3, 0.4) is 0 Å². The largest absolute Gasteiger partial charge is 0.491 e. The van der Waals surface area contributed by atoms with E-state index in [1.54, 1.807) is 0 Å². The molecule has 0 radical (unpaired) electrons. The van der Waals surface area contributed by atoms with Crippen LogP contribution in [0.25, 0.3) is 34.2 Å². The molecule has 0 aliphatic heterocycles. The van der Waals surface area contributed by atoms with E-state index in [0.29, 0.717) is 23.9 Å². The van der Waals surface area contributed by atoms with Gasteiger partial charge in [0.15, 0.2) is 17.5 Å². The third-order valence-corrected chi connectivity index (χ3v) is 6.23. The van der Waals surface area contributed by atoms with Crippen molar-refractivity contribution in [2.75, 3.05) is 6.61 Å². The molecular formula is C30H33N3O2. The molecular weight excluding hydrogens is 434 g/mol. The van der Waals surface area contributed by atoms with E-state index in [9.17, 15) is 5.11 Å². The molecule has 0 spiro atoms. The summed E-state index contributed by atoms with van der Waals surface area (Å²) in [6, 6.07) is 18.5. The number of hydrogen-bond acceptors (Lipinski definition) is 5. The van der Waals surface area contributed by atoms with Gasteiger partial charge in [-0.25, -0.2) is 15.0 Å². The zero-order valence-electron chi connectivity index (χ0n) is 21.4. The number of aliphatic hydroxyl groups excluding tert-OH is 1. The Morgan fingerprint density at radius 3 is 1.49 bits per heavy atom. The van der Waals surface area contributed by atoms with Gasteiger partial charge in [0, 0.05) is 16.7 Å². The Bertz CT molecular complexity index is 1290. The van der Waals surface area contributed by atoms with Gasteiger partial charge in [-0.05, 0) is 75.9 Å². The standard InChI is InChI=1S/C30H33N3O2/c1-7-23(34)17-35-24-10-13-27(22(6)16-24)30-32-28(25-11-8-18(2)14-20(25)4)31-29(33-30)26-12-9-19(3)15-21(26)5/h8-16,23,34H,7,17H2,1-6H3. The fraction of sp³-hybridized carbons (Fsp3) is 0.300. The Balaban J connectivity index is 1.83. The fourth-order valence-electron chi connectivity index (χ4n) is 4.15. The van der Waals surface area contributed by atoms with E-state index in [-0.39, 0.29) is 6.61 Å². The topological polar surface area (TPSA) is 68.1 Å². The molecule has 1 unspecified atom stereocenters. The summed E-state index contributed by atoms with van der Waals surface area (Å²) in [6.07, 6.45) is 0.184.